The first kappa shape index (κ1) is 11.9. The number of nitrogens with one attached hydrogen (secondary N) is 2. The van der Waals surface area contributed by atoms with Crippen LogP contribution in [0.4, 0.5) is 5.69 Å². The van der Waals surface area contributed by atoms with Gasteiger partial charge in [-0.3, -0.25) is 4.79 Å². The summed E-state index contributed by atoms with van der Waals surface area (Å²) in [5, 5.41) is 6.07. The SMILES string of the molecule is CCOc1ccc(NC(=O)[C@H]2CCCN2)cc1. The number of carbonyl (C=O) groups is 1. The van der Waals surface area contributed by atoms with E-state index in [1.807, 2.05) is 31.2 Å². The Morgan fingerprint density at radius 3 is 2.82 bits per heavy atom. The molecule has 17 heavy (non-hydrogen) atoms. The van der Waals surface area contributed by atoms with Crippen molar-refractivity contribution in [2.45, 2.75) is 25.8 Å². The molecular weight excluding hydrogens is 216 g/mol. The number of rotatable bonds is 4. The minimum atomic E-state index is -0.0402. The highest BCUT2D eigenvalue weighted by atomic mass is 16.5. The molecule has 1 saturated heterocycles. The van der Waals surface area contributed by atoms with E-state index < -0.39 is 0 Å². The molecule has 4 nitrogen and oxygen atoms in total. The molecule has 1 aromatic rings. The van der Waals surface area contributed by atoms with Crippen molar-refractivity contribution in [2.24, 2.45) is 0 Å². The lowest BCUT2D eigenvalue weighted by Crippen LogP contribution is -2.35. The number of amides is 1. The highest BCUT2D eigenvalue weighted by molar-refractivity contribution is 5.95. The Bertz CT molecular complexity index is 370. The van der Waals surface area contributed by atoms with Crippen LogP contribution in [-0.4, -0.2) is 25.1 Å². The molecule has 2 N–H and O–H groups in total. The second-order valence-electron chi connectivity index (χ2n) is 4.10. The van der Waals surface area contributed by atoms with Crippen LogP contribution in [0.25, 0.3) is 0 Å². The topological polar surface area (TPSA) is 50.4 Å². The summed E-state index contributed by atoms with van der Waals surface area (Å²) in [6.45, 7) is 3.53. The van der Waals surface area contributed by atoms with E-state index in [-0.39, 0.29) is 11.9 Å². The van der Waals surface area contributed by atoms with Crippen molar-refractivity contribution < 1.29 is 9.53 Å². The molecule has 0 aliphatic carbocycles. The maximum atomic E-state index is 11.8. The summed E-state index contributed by atoms with van der Waals surface area (Å²) in [5.74, 6) is 0.871. The molecule has 0 radical (unpaired) electrons. The molecule has 1 amide bonds. The largest absolute Gasteiger partial charge is 0.494 e. The molecule has 1 heterocycles. The first-order valence-electron chi connectivity index (χ1n) is 6.06. The van der Waals surface area contributed by atoms with Gasteiger partial charge in [0.25, 0.3) is 0 Å². The second kappa shape index (κ2) is 5.68. The van der Waals surface area contributed by atoms with E-state index in [0.29, 0.717) is 6.61 Å². The van der Waals surface area contributed by atoms with Gasteiger partial charge in [0.2, 0.25) is 5.91 Å². The molecule has 1 atom stereocenters. The fraction of sp³-hybridized carbons (Fsp3) is 0.462. The number of carbonyl (C=O) groups excluding carboxylic acids is 1. The third-order valence-electron chi connectivity index (χ3n) is 2.81. The van der Waals surface area contributed by atoms with Crippen LogP contribution in [0.1, 0.15) is 19.8 Å². The smallest absolute Gasteiger partial charge is 0.241 e. The first-order valence-corrected chi connectivity index (χ1v) is 6.06. The van der Waals surface area contributed by atoms with Crippen LogP contribution >= 0.6 is 0 Å². The fourth-order valence-electron chi connectivity index (χ4n) is 1.94. The number of anilines is 1. The number of benzene rings is 1. The molecular formula is C13H18N2O2. The summed E-state index contributed by atoms with van der Waals surface area (Å²) in [7, 11) is 0. The van der Waals surface area contributed by atoms with Gasteiger partial charge in [0.1, 0.15) is 5.75 Å². The third kappa shape index (κ3) is 3.20. The lowest BCUT2D eigenvalue weighted by molar-refractivity contribution is -0.117. The van der Waals surface area contributed by atoms with Gasteiger partial charge in [0.05, 0.1) is 12.6 Å². The van der Waals surface area contributed by atoms with Crippen molar-refractivity contribution in [3.8, 4) is 5.75 Å². The molecule has 2 rings (SSSR count). The Morgan fingerprint density at radius 2 is 2.24 bits per heavy atom. The Kier molecular flexibility index (Phi) is 3.98. The van der Waals surface area contributed by atoms with E-state index in [1.165, 1.54) is 0 Å². The highest BCUT2D eigenvalue weighted by Crippen LogP contribution is 2.16. The Balaban J connectivity index is 1.91. The van der Waals surface area contributed by atoms with Gasteiger partial charge in [0, 0.05) is 5.69 Å². The van der Waals surface area contributed by atoms with Gasteiger partial charge < -0.3 is 15.4 Å². The monoisotopic (exact) mass is 234 g/mol. The Hall–Kier alpha value is -1.55. The molecule has 0 unspecified atom stereocenters. The van der Waals surface area contributed by atoms with E-state index >= 15 is 0 Å². The third-order valence-corrected chi connectivity index (χ3v) is 2.81. The lowest BCUT2D eigenvalue weighted by Gasteiger charge is -2.11. The van der Waals surface area contributed by atoms with Crippen molar-refractivity contribution in [3.63, 3.8) is 0 Å². The summed E-state index contributed by atoms with van der Waals surface area (Å²) < 4.78 is 5.34. The number of ether oxygens (including phenoxy) is 1. The van der Waals surface area contributed by atoms with E-state index in [1.54, 1.807) is 0 Å². The highest BCUT2D eigenvalue weighted by Gasteiger charge is 2.21. The van der Waals surface area contributed by atoms with Crippen molar-refractivity contribution in [3.05, 3.63) is 24.3 Å². The molecule has 0 saturated carbocycles. The summed E-state index contributed by atoms with van der Waals surface area (Å²) in [6.07, 6.45) is 1.99. The zero-order valence-corrected chi connectivity index (χ0v) is 10.0. The standard InChI is InChI=1S/C13H18N2O2/c1-2-17-11-7-5-10(6-8-11)15-13(16)12-4-3-9-14-12/h5-8,12,14H,2-4,9H2,1H3,(H,15,16)/t12-/m1/s1. The molecule has 1 fully saturated rings. The van der Waals surface area contributed by atoms with E-state index in [4.69, 9.17) is 4.74 Å². The van der Waals surface area contributed by atoms with Gasteiger partial charge in [-0.25, -0.2) is 0 Å². The van der Waals surface area contributed by atoms with Crippen LogP contribution in [-0.2, 0) is 4.79 Å². The fourth-order valence-corrected chi connectivity index (χ4v) is 1.94. The minimum Gasteiger partial charge on any atom is -0.494 e. The van der Waals surface area contributed by atoms with Gasteiger partial charge in [-0.1, -0.05) is 0 Å². The summed E-state index contributed by atoms with van der Waals surface area (Å²) in [6, 6.07) is 7.40. The minimum absolute atomic E-state index is 0.0402. The lowest BCUT2D eigenvalue weighted by atomic mass is 10.2. The van der Waals surface area contributed by atoms with Crippen LogP contribution in [0.5, 0.6) is 5.75 Å². The zero-order chi connectivity index (χ0) is 12.1. The quantitative estimate of drug-likeness (QED) is 0.835. The van der Waals surface area contributed by atoms with Crippen LogP contribution in [0.2, 0.25) is 0 Å². The molecule has 1 aromatic carbocycles. The Labute approximate surface area is 101 Å². The maximum Gasteiger partial charge on any atom is 0.241 e. The van der Waals surface area contributed by atoms with Crippen molar-refractivity contribution in [1.29, 1.82) is 0 Å². The van der Waals surface area contributed by atoms with E-state index in [0.717, 1.165) is 30.8 Å². The van der Waals surface area contributed by atoms with Crippen LogP contribution in [0.3, 0.4) is 0 Å². The van der Waals surface area contributed by atoms with Gasteiger partial charge in [-0.15, -0.1) is 0 Å². The normalized spacial score (nSPS) is 19.0. The molecule has 1 aliphatic rings. The van der Waals surface area contributed by atoms with Gasteiger partial charge in [-0.2, -0.15) is 0 Å². The van der Waals surface area contributed by atoms with E-state index in [2.05, 4.69) is 10.6 Å². The van der Waals surface area contributed by atoms with E-state index in [9.17, 15) is 4.79 Å². The van der Waals surface area contributed by atoms with Crippen molar-refractivity contribution >= 4 is 11.6 Å². The molecule has 0 spiro atoms. The average Bonchev–Trinajstić information content (AvgIpc) is 2.86. The number of hydrogen-bond acceptors (Lipinski definition) is 3. The maximum absolute atomic E-state index is 11.8. The van der Waals surface area contributed by atoms with Crippen LogP contribution in [0, 0.1) is 0 Å². The molecule has 4 heteroatoms. The average molecular weight is 234 g/mol. The predicted octanol–water partition coefficient (Wildman–Crippen LogP) is 1.78. The summed E-state index contributed by atoms with van der Waals surface area (Å²) >= 11 is 0. The number of hydrogen-bond donors (Lipinski definition) is 2. The van der Waals surface area contributed by atoms with Crippen molar-refractivity contribution in [2.75, 3.05) is 18.5 Å². The molecule has 92 valence electrons. The van der Waals surface area contributed by atoms with Crippen LogP contribution in [0.15, 0.2) is 24.3 Å². The van der Waals surface area contributed by atoms with Gasteiger partial charge >= 0.3 is 0 Å². The van der Waals surface area contributed by atoms with Gasteiger partial charge in [0.15, 0.2) is 0 Å². The zero-order valence-electron chi connectivity index (χ0n) is 10.0. The van der Waals surface area contributed by atoms with Gasteiger partial charge in [-0.05, 0) is 50.6 Å². The van der Waals surface area contributed by atoms with Crippen molar-refractivity contribution in [1.82, 2.24) is 5.32 Å². The molecule has 0 bridgehead atoms. The summed E-state index contributed by atoms with van der Waals surface area (Å²) in [5.41, 5.74) is 0.812. The van der Waals surface area contributed by atoms with Crippen LogP contribution < -0.4 is 15.4 Å². The molecule has 0 aromatic heterocycles. The Morgan fingerprint density at radius 1 is 1.47 bits per heavy atom. The second-order valence-corrected chi connectivity index (χ2v) is 4.10. The predicted molar refractivity (Wildman–Crippen MR) is 67.3 cm³/mol. The first-order chi connectivity index (χ1) is 8.29. The molecule has 1 aliphatic heterocycles. The summed E-state index contributed by atoms with van der Waals surface area (Å²) in [4.78, 5) is 11.8.